The fourth-order valence-corrected chi connectivity index (χ4v) is 3.61. The maximum atomic E-state index is 6.10. The van der Waals surface area contributed by atoms with Crippen molar-refractivity contribution < 1.29 is 0 Å². The van der Waals surface area contributed by atoms with Crippen molar-refractivity contribution in [2.45, 2.75) is 31.7 Å². The molecule has 4 aromatic rings. The zero-order valence-corrected chi connectivity index (χ0v) is 18.8. The Morgan fingerprint density at radius 3 is 2.64 bits per heavy atom. The second kappa shape index (κ2) is 9.38. The molecule has 3 N–H and O–H groups in total. The topological polar surface area (TPSA) is 104 Å². The van der Waals surface area contributed by atoms with Crippen LogP contribution in [-0.4, -0.2) is 30.1 Å². The smallest absolute Gasteiger partial charge is 0.233 e. The maximum absolute atomic E-state index is 6.10. The van der Waals surface area contributed by atoms with Gasteiger partial charge in [0, 0.05) is 35.1 Å². The molecule has 1 aromatic carbocycles. The number of hydrogen-bond donors (Lipinski definition) is 3. The molecule has 33 heavy (non-hydrogen) atoms. The van der Waals surface area contributed by atoms with Crippen LogP contribution in [0.25, 0.3) is 12.2 Å². The van der Waals surface area contributed by atoms with Crippen molar-refractivity contribution in [1.29, 1.82) is 0 Å². The SMILES string of the molecule is CC(Nc1nc(/C=C/c2cccc(Cl)c2)nc(Nc2cc(C3CC3)[nH]n2)n1)c1ccncc1. The van der Waals surface area contributed by atoms with E-state index in [1.807, 2.05) is 61.5 Å². The molecule has 0 bridgehead atoms. The molecule has 1 aliphatic rings. The third-order valence-corrected chi connectivity index (χ3v) is 5.57. The van der Waals surface area contributed by atoms with Crippen LogP contribution in [0, 0.1) is 0 Å². The highest BCUT2D eigenvalue weighted by molar-refractivity contribution is 6.30. The first kappa shape index (κ1) is 21.1. The number of anilines is 3. The van der Waals surface area contributed by atoms with Crippen LogP contribution in [0.5, 0.6) is 0 Å². The van der Waals surface area contributed by atoms with Crippen molar-refractivity contribution in [2.24, 2.45) is 0 Å². The van der Waals surface area contributed by atoms with Crippen LogP contribution >= 0.6 is 11.6 Å². The Balaban J connectivity index is 1.42. The van der Waals surface area contributed by atoms with E-state index in [1.54, 1.807) is 12.4 Å². The summed E-state index contributed by atoms with van der Waals surface area (Å²) in [4.78, 5) is 17.8. The largest absolute Gasteiger partial charge is 0.348 e. The molecule has 166 valence electrons. The Kier molecular flexibility index (Phi) is 5.99. The van der Waals surface area contributed by atoms with Gasteiger partial charge >= 0.3 is 0 Å². The monoisotopic (exact) mass is 458 g/mol. The summed E-state index contributed by atoms with van der Waals surface area (Å²) in [6, 6.07) is 13.5. The second-order valence-electron chi connectivity index (χ2n) is 7.98. The molecule has 9 heteroatoms. The van der Waals surface area contributed by atoms with Crippen molar-refractivity contribution in [3.63, 3.8) is 0 Å². The summed E-state index contributed by atoms with van der Waals surface area (Å²) in [5.41, 5.74) is 3.17. The van der Waals surface area contributed by atoms with Crippen LogP contribution < -0.4 is 10.6 Å². The first-order chi connectivity index (χ1) is 16.1. The molecule has 8 nitrogen and oxygen atoms in total. The second-order valence-corrected chi connectivity index (χ2v) is 8.42. The van der Waals surface area contributed by atoms with Gasteiger partial charge in [0.05, 0.1) is 6.04 Å². The Bertz CT molecular complexity index is 1270. The van der Waals surface area contributed by atoms with Crippen LogP contribution in [0.2, 0.25) is 5.02 Å². The molecule has 3 aromatic heterocycles. The molecule has 0 amide bonds. The summed E-state index contributed by atoms with van der Waals surface area (Å²) in [6.07, 6.45) is 9.69. The zero-order chi connectivity index (χ0) is 22.6. The lowest BCUT2D eigenvalue weighted by Gasteiger charge is -2.14. The van der Waals surface area contributed by atoms with E-state index in [-0.39, 0.29) is 6.04 Å². The number of aromatic amines is 1. The van der Waals surface area contributed by atoms with Crippen LogP contribution in [0.4, 0.5) is 17.7 Å². The first-order valence-electron chi connectivity index (χ1n) is 10.8. The van der Waals surface area contributed by atoms with Gasteiger partial charge in [-0.15, -0.1) is 0 Å². The van der Waals surface area contributed by atoms with Crippen molar-refractivity contribution in [3.8, 4) is 0 Å². The third kappa shape index (κ3) is 5.53. The molecule has 1 atom stereocenters. The fourth-order valence-electron chi connectivity index (χ4n) is 3.42. The molecule has 1 saturated carbocycles. The lowest BCUT2D eigenvalue weighted by atomic mass is 10.1. The molecule has 1 fully saturated rings. The van der Waals surface area contributed by atoms with Crippen LogP contribution in [0.15, 0.2) is 54.9 Å². The van der Waals surface area contributed by atoms with E-state index in [0.717, 1.165) is 16.8 Å². The van der Waals surface area contributed by atoms with E-state index >= 15 is 0 Å². The fraction of sp³-hybridized carbons (Fsp3) is 0.208. The Labute approximate surface area is 196 Å². The molecule has 0 radical (unpaired) electrons. The highest BCUT2D eigenvalue weighted by Crippen LogP contribution is 2.39. The summed E-state index contributed by atoms with van der Waals surface area (Å²) >= 11 is 6.10. The predicted molar refractivity (Wildman–Crippen MR) is 130 cm³/mol. The van der Waals surface area contributed by atoms with Gasteiger partial charge in [-0.05, 0) is 61.2 Å². The summed E-state index contributed by atoms with van der Waals surface area (Å²) in [5.74, 6) is 2.64. The quantitative estimate of drug-likeness (QED) is 0.315. The molecule has 1 unspecified atom stereocenters. The number of aromatic nitrogens is 6. The van der Waals surface area contributed by atoms with Gasteiger partial charge < -0.3 is 10.6 Å². The zero-order valence-electron chi connectivity index (χ0n) is 18.0. The van der Waals surface area contributed by atoms with Crippen LogP contribution in [0.1, 0.15) is 54.4 Å². The molecular weight excluding hydrogens is 436 g/mol. The molecule has 5 rings (SSSR count). The van der Waals surface area contributed by atoms with E-state index in [4.69, 9.17) is 11.6 Å². The highest BCUT2D eigenvalue weighted by atomic mass is 35.5. The minimum absolute atomic E-state index is 0.0140. The summed E-state index contributed by atoms with van der Waals surface area (Å²) in [6.45, 7) is 2.04. The average Bonchev–Trinajstić information content (AvgIpc) is 3.57. The number of rotatable bonds is 8. The Morgan fingerprint density at radius 2 is 1.85 bits per heavy atom. The summed E-state index contributed by atoms with van der Waals surface area (Å²) < 4.78 is 0. The predicted octanol–water partition coefficient (Wildman–Crippen LogP) is 5.61. The van der Waals surface area contributed by atoms with E-state index in [1.165, 1.54) is 12.8 Å². The first-order valence-corrected chi connectivity index (χ1v) is 11.2. The van der Waals surface area contributed by atoms with Gasteiger partial charge in [-0.2, -0.15) is 20.1 Å². The van der Waals surface area contributed by atoms with Gasteiger partial charge in [0.2, 0.25) is 11.9 Å². The normalized spacial score (nSPS) is 14.4. The van der Waals surface area contributed by atoms with Gasteiger partial charge in [-0.3, -0.25) is 10.1 Å². The number of H-pyrrole nitrogens is 1. The molecule has 3 heterocycles. The summed E-state index contributed by atoms with van der Waals surface area (Å²) in [7, 11) is 0. The number of nitrogens with zero attached hydrogens (tertiary/aromatic N) is 5. The van der Waals surface area contributed by atoms with Gasteiger partial charge in [-0.1, -0.05) is 29.8 Å². The molecule has 1 aliphatic carbocycles. The van der Waals surface area contributed by atoms with E-state index in [9.17, 15) is 0 Å². The van der Waals surface area contributed by atoms with Crippen LogP contribution in [0.3, 0.4) is 0 Å². The minimum atomic E-state index is -0.0140. The highest BCUT2D eigenvalue weighted by Gasteiger charge is 2.25. The third-order valence-electron chi connectivity index (χ3n) is 5.33. The Hall–Kier alpha value is -3.78. The lowest BCUT2D eigenvalue weighted by Crippen LogP contribution is -2.12. The molecule has 0 aliphatic heterocycles. The summed E-state index contributed by atoms with van der Waals surface area (Å²) in [5, 5.41) is 14.7. The van der Waals surface area contributed by atoms with Gasteiger partial charge in [0.25, 0.3) is 0 Å². The minimum Gasteiger partial charge on any atom is -0.348 e. The average molecular weight is 459 g/mol. The Morgan fingerprint density at radius 1 is 1.03 bits per heavy atom. The van der Waals surface area contributed by atoms with E-state index in [2.05, 4.69) is 40.8 Å². The van der Waals surface area contributed by atoms with Crippen LogP contribution in [-0.2, 0) is 0 Å². The maximum Gasteiger partial charge on any atom is 0.233 e. The van der Waals surface area contributed by atoms with Crippen molar-refractivity contribution >= 4 is 41.5 Å². The van der Waals surface area contributed by atoms with E-state index in [0.29, 0.717) is 34.5 Å². The van der Waals surface area contributed by atoms with Crippen molar-refractivity contribution in [3.05, 3.63) is 82.5 Å². The van der Waals surface area contributed by atoms with Gasteiger partial charge in [-0.25, -0.2) is 0 Å². The van der Waals surface area contributed by atoms with E-state index < -0.39 is 0 Å². The number of benzene rings is 1. The van der Waals surface area contributed by atoms with Gasteiger partial charge in [0.15, 0.2) is 11.6 Å². The van der Waals surface area contributed by atoms with Gasteiger partial charge in [0.1, 0.15) is 0 Å². The molecular formula is C24H23ClN8. The molecule has 0 saturated heterocycles. The van der Waals surface area contributed by atoms with Crippen molar-refractivity contribution in [1.82, 2.24) is 30.1 Å². The van der Waals surface area contributed by atoms with Crippen molar-refractivity contribution in [2.75, 3.05) is 10.6 Å². The molecule has 0 spiro atoms. The number of pyridine rings is 1. The number of nitrogens with one attached hydrogen (secondary N) is 3. The standard InChI is InChI=1S/C24H23ClN8/c1-15(17-9-11-26-12-10-17)27-23-28-21(8-5-16-3-2-4-19(25)13-16)29-24(31-23)30-22-14-20(32-33-22)18-6-7-18/h2-5,8-15,18H,6-7H2,1H3,(H3,27,28,29,30,31,32,33)/b8-5+. The number of halogens is 1. The lowest BCUT2D eigenvalue weighted by molar-refractivity contribution is 0.850. The number of hydrogen-bond acceptors (Lipinski definition) is 7.